The minimum atomic E-state index is -0.833. The van der Waals surface area contributed by atoms with E-state index in [2.05, 4.69) is 0 Å². The first-order valence-electron chi connectivity index (χ1n) is 0.928. The molecule has 0 aliphatic heterocycles. The number of hydrogen-bond donors (Lipinski definition) is 1. The van der Waals surface area contributed by atoms with Crippen LogP contribution in [0.15, 0.2) is 0 Å². The maximum absolute atomic E-state index is 9.00. The standard InChI is InChI=1S/C2H4O2.Er/c1-2(3)4;/h1H3,(H,3,4);. The SMILES string of the molecule is CC(=O)O.[Er]. The molecule has 0 unspecified atom stereocenters. The van der Waals surface area contributed by atoms with E-state index < -0.39 is 5.97 Å². The van der Waals surface area contributed by atoms with E-state index in [4.69, 9.17) is 9.90 Å². The average Bonchev–Trinajstić information content (AvgIpc) is 0.811. The van der Waals surface area contributed by atoms with Gasteiger partial charge in [0.1, 0.15) is 0 Å². The predicted molar refractivity (Wildman–Crippen MR) is 13.3 cm³/mol. The summed E-state index contributed by atoms with van der Waals surface area (Å²) < 4.78 is 0. The second-order valence-electron chi connectivity index (χ2n) is 0.519. The van der Waals surface area contributed by atoms with Crippen molar-refractivity contribution in [2.75, 3.05) is 0 Å². The minimum Gasteiger partial charge on any atom is -0.481 e. The molecule has 0 spiro atoms. The Morgan fingerprint density at radius 1 is 1.80 bits per heavy atom. The first-order chi connectivity index (χ1) is 1.73. The van der Waals surface area contributed by atoms with Crippen molar-refractivity contribution in [3.63, 3.8) is 0 Å². The number of rotatable bonds is 0. The molecule has 2 nitrogen and oxygen atoms in total. The van der Waals surface area contributed by atoms with Crippen molar-refractivity contribution >= 4 is 5.97 Å². The van der Waals surface area contributed by atoms with Gasteiger partial charge in [-0.1, -0.05) is 0 Å². The van der Waals surface area contributed by atoms with Gasteiger partial charge in [-0.05, 0) is 0 Å². The van der Waals surface area contributed by atoms with Crippen LogP contribution in [0.3, 0.4) is 0 Å². The van der Waals surface area contributed by atoms with Gasteiger partial charge >= 0.3 is 0 Å². The van der Waals surface area contributed by atoms with Crippen LogP contribution in [-0.2, 0) is 4.79 Å². The molecule has 0 atom stereocenters. The Kier molecular flexibility index (Phi) is 8.69. The fourth-order valence-electron chi connectivity index (χ4n) is 0. The minimum absolute atomic E-state index is 0. The normalized spacial score (nSPS) is 5.00. The Morgan fingerprint density at radius 3 is 1.80 bits per heavy atom. The van der Waals surface area contributed by atoms with Crippen LogP contribution in [0.1, 0.15) is 6.92 Å². The number of aliphatic carboxylic acids is 1. The zero-order valence-corrected chi connectivity index (χ0v) is 4.50. The summed E-state index contributed by atoms with van der Waals surface area (Å²) in [6, 6.07) is 0. The molecule has 3 heteroatoms. The van der Waals surface area contributed by atoms with Gasteiger partial charge < -0.3 is 5.11 Å². The van der Waals surface area contributed by atoms with Crippen LogP contribution in [0.4, 0.5) is 0 Å². The summed E-state index contributed by atoms with van der Waals surface area (Å²) in [6.07, 6.45) is 0. The number of hydrogen-bond acceptors (Lipinski definition) is 1. The Bertz CT molecular complexity index is 30.6. The molecule has 0 aromatic rings. The van der Waals surface area contributed by atoms with Crippen molar-refractivity contribution in [3.05, 3.63) is 0 Å². The van der Waals surface area contributed by atoms with Gasteiger partial charge in [-0.3, -0.25) is 4.79 Å². The Labute approximate surface area is 59.8 Å². The van der Waals surface area contributed by atoms with Crippen molar-refractivity contribution in [1.82, 2.24) is 0 Å². The second-order valence-corrected chi connectivity index (χ2v) is 0.519. The summed E-state index contributed by atoms with van der Waals surface area (Å²) in [5.41, 5.74) is 0. The molecule has 0 radical (unpaired) electrons. The molecule has 1 N–H and O–H groups in total. The van der Waals surface area contributed by atoms with Gasteiger partial charge in [-0.2, -0.15) is 0 Å². The molecule has 0 bridgehead atoms. The van der Waals surface area contributed by atoms with Crippen molar-refractivity contribution in [1.29, 1.82) is 0 Å². The molecular formula is C2H4ErO2. The molecule has 5 heavy (non-hydrogen) atoms. The fourth-order valence-corrected chi connectivity index (χ4v) is 0. The molecule has 36 valence electrons. The zero-order chi connectivity index (χ0) is 3.58. The fraction of sp³-hybridized carbons (Fsp3) is 0.500. The van der Waals surface area contributed by atoms with Gasteiger partial charge in [0.25, 0.3) is 5.97 Å². The maximum atomic E-state index is 9.00. The quantitative estimate of drug-likeness (QED) is 0.637. The van der Waals surface area contributed by atoms with Crippen molar-refractivity contribution in [2.24, 2.45) is 0 Å². The summed E-state index contributed by atoms with van der Waals surface area (Å²) in [5, 5.41) is 7.42. The third-order valence-corrected chi connectivity index (χ3v) is 0. The molecule has 0 amide bonds. The summed E-state index contributed by atoms with van der Waals surface area (Å²) in [4.78, 5) is 9.00. The molecule has 0 fully saturated rings. The van der Waals surface area contributed by atoms with E-state index >= 15 is 0 Å². The Hall–Kier alpha value is 0.717. The van der Waals surface area contributed by atoms with E-state index in [9.17, 15) is 0 Å². The van der Waals surface area contributed by atoms with E-state index in [0.717, 1.165) is 6.92 Å². The summed E-state index contributed by atoms with van der Waals surface area (Å²) in [5.74, 6) is -0.833. The van der Waals surface area contributed by atoms with Gasteiger partial charge in [-0.15, -0.1) is 0 Å². The molecule has 0 aromatic carbocycles. The molecule has 0 rings (SSSR count). The molecule has 0 aromatic heterocycles. The van der Waals surface area contributed by atoms with Gasteiger partial charge in [0.05, 0.1) is 0 Å². The number of carboxylic acids is 1. The first-order valence-corrected chi connectivity index (χ1v) is 0.928. The largest absolute Gasteiger partial charge is 0.481 e. The number of carboxylic acid groups (broad SMARTS) is 1. The van der Waals surface area contributed by atoms with Crippen LogP contribution in [0.2, 0.25) is 0 Å². The zero-order valence-electron chi connectivity index (χ0n) is 2.64. The van der Waals surface area contributed by atoms with Gasteiger partial charge in [0, 0.05) is 44.2 Å². The van der Waals surface area contributed by atoms with E-state index in [1.165, 1.54) is 0 Å². The van der Waals surface area contributed by atoms with Crippen molar-refractivity contribution in [2.45, 2.75) is 6.92 Å². The van der Waals surface area contributed by atoms with Crippen molar-refractivity contribution < 1.29 is 47.2 Å². The summed E-state index contributed by atoms with van der Waals surface area (Å²) in [6.45, 7) is 1.08. The van der Waals surface area contributed by atoms with E-state index in [1.807, 2.05) is 0 Å². The monoisotopic (exact) mass is 226 g/mol. The van der Waals surface area contributed by atoms with Crippen LogP contribution < -0.4 is 0 Å². The number of carbonyl (C=O) groups is 1. The Morgan fingerprint density at radius 2 is 1.80 bits per heavy atom. The second kappa shape index (κ2) is 4.72. The molecular weight excluding hydrogens is 223 g/mol. The smallest absolute Gasteiger partial charge is 0.300 e. The third kappa shape index (κ3) is 67.8. The summed E-state index contributed by atoms with van der Waals surface area (Å²) >= 11 is 0. The van der Waals surface area contributed by atoms with Crippen molar-refractivity contribution in [3.8, 4) is 0 Å². The first kappa shape index (κ1) is 9.21. The molecule has 0 saturated carbocycles. The van der Waals surface area contributed by atoms with Gasteiger partial charge in [0.15, 0.2) is 0 Å². The van der Waals surface area contributed by atoms with Crippen LogP contribution in [0.25, 0.3) is 0 Å². The molecule has 0 heterocycles. The molecule has 0 saturated heterocycles. The van der Waals surface area contributed by atoms with Crippen LogP contribution in [-0.4, -0.2) is 11.1 Å². The van der Waals surface area contributed by atoms with E-state index in [0.29, 0.717) is 0 Å². The predicted octanol–water partition coefficient (Wildman–Crippen LogP) is 0.0909. The van der Waals surface area contributed by atoms with Gasteiger partial charge in [0.2, 0.25) is 0 Å². The third-order valence-electron chi connectivity index (χ3n) is 0. The van der Waals surface area contributed by atoms with Gasteiger partial charge in [-0.25, -0.2) is 0 Å². The molecule has 0 aliphatic rings. The average molecular weight is 227 g/mol. The maximum Gasteiger partial charge on any atom is 0.300 e. The van der Waals surface area contributed by atoms with E-state index in [1.54, 1.807) is 0 Å². The van der Waals surface area contributed by atoms with E-state index in [-0.39, 0.29) is 37.3 Å². The van der Waals surface area contributed by atoms with Crippen LogP contribution >= 0.6 is 0 Å². The van der Waals surface area contributed by atoms with Crippen LogP contribution in [0.5, 0.6) is 0 Å². The topological polar surface area (TPSA) is 37.3 Å². The Balaban J connectivity index is 0. The summed E-state index contributed by atoms with van der Waals surface area (Å²) in [7, 11) is 0. The molecule has 0 aliphatic carbocycles. The van der Waals surface area contributed by atoms with Crippen LogP contribution in [0, 0.1) is 37.3 Å².